The lowest BCUT2D eigenvalue weighted by atomic mass is 10.0. The fraction of sp³-hybridized carbons (Fsp3) is 0.591. The van der Waals surface area contributed by atoms with Gasteiger partial charge in [0, 0.05) is 13.1 Å². The molecule has 2 atom stereocenters. The standard InChI is InChI=1S/C22H32N4O3/c1-17(2)8-11-20(25-22(28)26-12-14-29-15-13-26)21(27)24-19(16-23)10-9-18-6-4-3-5-7-18/h3-7,17,19-20H,8-15H2,1-2H3,(H,24,27)(H,25,28)/t19-,20+/m1/s1. The van der Waals surface area contributed by atoms with E-state index in [0.717, 1.165) is 12.0 Å². The van der Waals surface area contributed by atoms with Crippen LogP contribution in [0.15, 0.2) is 30.3 Å². The summed E-state index contributed by atoms with van der Waals surface area (Å²) in [5, 5.41) is 15.1. The van der Waals surface area contributed by atoms with Crippen LogP contribution < -0.4 is 10.6 Å². The maximum atomic E-state index is 12.8. The zero-order valence-corrected chi connectivity index (χ0v) is 17.4. The van der Waals surface area contributed by atoms with Gasteiger partial charge in [0.1, 0.15) is 12.1 Å². The van der Waals surface area contributed by atoms with Crippen LogP contribution >= 0.6 is 0 Å². The molecule has 158 valence electrons. The van der Waals surface area contributed by atoms with Gasteiger partial charge in [-0.05, 0) is 37.2 Å². The summed E-state index contributed by atoms with van der Waals surface area (Å²) in [6.07, 6.45) is 2.58. The number of hydrogen-bond acceptors (Lipinski definition) is 4. The van der Waals surface area contributed by atoms with E-state index in [-0.39, 0.29) is 11.9 Å². The second kappa shape index (κ2) is 12.1. The van der Waals surface area contributed by atoms with E-state index in [4.69, 9.17) is 4.74 Å². The fourth-order valence-corrected chi connectivity index (χ4v) is 3.17. The van der Waals surface area contributed by atoms with E-state index in [0.29, 0.717) is 51.5 Å². The van der Waals surface area contributed by atoms with Crippen LogP contribution in [0.3, 0.4) is 0 Å². The number of morpholine rings is 1. The molecule has 1 heterocycles. The molecule has 0 aliphatic carbocycles. The minimum atomic E-state index is -0.652. The summed E-state index contributed by atoms with van der Waals surface area (Å²) >= 11 is 0. The predicted octanol–water partition coefficient (Wildman–Crippen LogP) is 2.47. The van der Waals surface area contributed by atoms with Crippen molar-refractivity contribution in [1.29, 1.82) is 5.26 Å². The van der Waals surface area contributed by atoms with Gasteiger partial charge in [0.25, 0.3) is 0 Å². The van der Waals surface area contributed by atoms with Crippen LogP contribution in [0.2, 0.25) is 0 Å². The largest absolute Gasteiger partial charge is 0.378 e. The van der Waals surface area contributed by atoms with Crippen LogP contribution in [0, 0.1) is 17.2 Å². The van der Waals surface area contributed by atoms with E-state index in [1.54, 1.807) is 4.90 Å². The first-order valence-electron chi connectivity index (χ1n) is 10.4. The molecule has 0 aromatic heterocycles. The summed E-state index contributed by atoms with van der Waals surface area (Å²) in [6.45, 7) is 6.20. The van der Waals surface area contributed by atoms with Gasteiger partial charge in [-0.2, -0.15) is 5.26 Å². The van der Waals surface area contributed by atoms with Crippen molar-refractivity contribution in [3.63, 3.8) is 0 Å². The second-order valence-corrected chi connectivity index (χ2v) is 7.79. The number of carbonyl (C=O) groups excluding carboxylic acids is 2. The van der Waals surface area contributed by atoms with Crippen LogP contribution in [-0.4, -0.2) is 55.2 Å². The summed E-state index contributed by atoms with van der Waals surface area (Å²) < 4.78 is 5.27. The quantitative estimate of drug-likeness (QED) is 0.666. The van der Waals surface area contributed by atoms with E-state index in [1.165, 1.54) is 0 Å². The first-order valence-corrected chi connectivity index (χ1v) is 10.4. The van der Waals surface area contributed by atoms with Crippen molar-refractivity contribution >= 4 is 11.9 Å². The first kappa shape index (κ1) is 22.7. The molecular weight excluding hydrogens is 368 g/mol. The molecule has 29 heavy (non-hydrogen) atoms. The van der Waals surface area contributed by atoms with E-state index < -0.39 is 12.1 Å². The molecule has 2 rings (SSSR count). The Morgan fingerprint density at radius 1 is 1.10 bits per heavy atom. The number of hydrogen-bond donors (Lipinski definition) is 2. The Labute approximate surface area is 173 Å². The van der Waals surface area contributed by atoms with Crippen molar-refractivity contribution in [2.24, 2.45) is 5.92 Å². The van der Waals surface area contributed by atoms with E-state index >= 15 is 0 Å². The van der Waals surface area contributed by atoms with Gasteiger partial charge in [-0.1, -0.05) is 44.2 Å². The Balaban J connectivity index is 1.93. The molecule has 7 heteroatoms. The maximum Gasteiger partial charge on any atom is 0.318 e. The van der Waals surface area contributed by atoms with Crippen LogP contribution in [0.1, 0.15) is 38.7 Å². The number of amides is 3. The topological polar surface area (TPSA) is 94.5 Å². The number of nitrogens with one attached hydrogen (secondary N) is 2. The van der Waals surface area contributed by atoms with Crippen LogP contribution in [0.25, 0.3) is 0 Å². The number of nitrogens with zero attached hydrogens (tertiary/aromatic N) is 2. The third-order valence-corrected chi connectivity index (χ3v) is 4.98. The van der Waals surface area contributed by atoms with Crippen molar-refractivity contribution in [3.8, 4) is 6.07 Å². The third kappa shape index (κ3) is 8.12. The number of urea groups is 1. The average molecular weight is 401 g/mol. The van der Waals surface area contributed by atoms with Crippen LogP contribution in [0.5, 0.6) is 0 Å². The highest BCUT2D eigenvalue weighted by atomic mass is 16.5. The summed E-state index contributed by atoms with van der Waals surface area (Å²) in [7, 11) is 0. The van der Waals surface area contributed by atoms with Gasteiger partial charge in [-0.3, -0.25) is 4.79 Å². The van der Waals surface area contributed by atoms with Gasteiger partial charge in [0.05, 0.1) is 19.3 Å². The molecule has 1 aliphatic rings. The van der Waals surface area contributed by atoms with Crippen LogP contribution in [-0.2, 0) is 16.0 Å². The molecule has 1 aromatic carbocycles. The molecule has 1 saturated heterocycles. The molecular formula is C22H32N4O3. The van der Waals surface area contributed by atoms with Crippen molar-refractivity contribution in [1.82, 2.24) is 15.5 Å². The zero-order chi connectivity index (χ0) is 21.1. The van der Waals surface area contributed by atoms with Crippen molar-refractivity contribution in [2.75, 3.05) is 26.3 Å². The predicted molar refractivity (Wildman–Crippen MR) is 111 cm³/mol. The molecule has 7 nitrogen and oxygen atoms in total. The van der Waals surface area contributed by atoms with E-state index in [2.05, 4.69) is 30.6 Å². The molecule has 2 N–H and O–H groups in total. The lowest BCUT2D eigenvalue weighted by Gasteiger charge is -2.29. The smallest absolute Gasteiger partial charge is 0.318 e. The summed E-state index contributed by atoms with van der Waals surface area (Å²) in [4.78, 5) is 27.0. The molecule has 1 aromatic rings. The summed E-state index contributed by atoms with van der Waals surface area (Å²) in [6, 6.07) is 10.5. The number of aryl methyl sites for hydroxylation is 1. The SMILES string of the molecule is CC(C)CC[C@H](NC(=O)N1CCOCC1)C(=O)N[C@@H](C#N)CCc1ccccc1. The Kier molecular flexibility index (Phi) is 9.45. The maximum absolute atomic E-state index is 12.8. The molecule has 1 fully saturated rings. The molecule has 0 bridgehead atoms. The highest BCUT2D eigenvalue weighted by molar-refractivity contribution is 5.87. The molecule has 0 spiro atoms. The molecule has 0 unspecified atom stereocenters. The minimum Gasteiger partial charge on any atom is -0.378 e. The van der Waals surface area contributed by atoms with Crippen molar-refractivity contribution in [3.05, 3.63) is 35.9 Å². The Bertz CT molecular complexity index is 681. The summed E-state index contributed by atoms with van der Waals surface area (Å²) in [5.74, 6) is 0.113. The molecule has 0 radical (unpaired) electrons. The average Bonchev–Trinajstić information content (AvgIpc) is 2.74. The fourth-order valence-electron chi connectivity index (χ4n) is 3.17. The lowest BCUT2D eigenvalue weighted by Crippen LogP contribution is -2.54. The van der Waals surface area contributed by atoms with Gasteiger partial charge < -0.3 is 20.3 Å². The van der Waals surface area contributed by atoms with Gasteiger partial charge >= 0.3 is 6.03 Å². The number of rotatable bonds is 9. The Hall–Kier alpha value is -2.59. The minimum absolute atomic E-state index is 0.255. The van der Waals surface area contributed by atoms with Gasteiger partial charge in [-0.25, -0.2) is 4.79 Å². The molecule has 3 amide bonds. The normalized spacial score (nSPS) is 16.0. The van der Waals surface area contributed by atoms with E-state index in [9.17, 15) is 14.9 Å². The van der Waals surface area contributed by atoms with E-state index in [1.807, 2.05) is 30.3 Å². The highest BCUT2D eigenvalue weighted by Crippen LogP contribution is 2.10. The number of carbonyl (C=O) groups is 2. The number of nitriles is 1. The Morgan fingerprint density at radius 3 is 2.41 bits per heavy atom. The van der Waals surface area contributed by atoms with Crippen LogP contribution in [0.4, 0.5) is 4.79 Å². The van der Waals surface area contributed by atoms with Gasteiger partial charge in [-0.15, -0.1) is 0 Å². The summed E-state index contributed by atoms with van der Waals surface area (Å²) in [5.41, 5.74) is 1.12. The third-order valence-electron chi connectivity index (χ3n) is 4.98. The highest BCUT2D eigenvalue weighted by Gasteiger charge is 2.26. The lowest BCUT2D eigenvalue weighted by molar-refractivity contribution is -0.123. The van der Waals surface area contributed by atoms with Gasteiger partial charge in [0.2, 0.25) is 5.91 Å². The second-order valence-electron chi connectivity index (χ2n) is 7.79. The Morgan fingerprint density at radius 2 is 1.79 bits per heavy atom. The zero-order valence-electron chi connectivity index (χ0n) is 17.4. The monoisotopic (exact) mass is 400 g/mol. The number of ether oxygens (including phenoxy) is 1. The van der Waals surface area contributed by atoms with Crippen molar-refractivity contribution in [2.45, 2.75) is 51.6 Å². The van der Waals surface area contributed by atoms with Gasteiger partial charge in [0.15, 0.2) is 0 Å². The molecule has 1 aliphatic heterocycles. The van der Waals surface area contributed by atoms with Crippen molar-refractivity contribution < 1.29 is 14.3 Å². The molecule has 0 saturated carbocycles. The first-order chi connectivity index (χ1) is 14.0. The number of benzene rings is 1.